The van der Waals surface area contributed by atoms with E-state index in [0.717, 1.165) is 36.6 Å². The number of piperidine rings is 1. The number of hydrogen-bond acceptors (Lipinski definition) is 4. The molecule has 0 radical (unpaired) electrons. The molecule has 1 aliphatic heterocycles. The fraction of sp³-hybridized carbons (Fsp3) is 0.533. The molecule has 0 bridgehead atoms. The number of ether oxygens (including phenoxy) is 1. The minimum Gasteiger partial charge on any atom is -0.494 e. The van der Waals surface area contributed by atoms with Crippen molar-refractivity contribution in [2.24, 2.45) is 5.73 Å². The summed E-state index contributed by atoms with van der Waals surface area (Å²) in [5.74, 6) is 1.56. The summed E-state index contributed by atoms with van der Waals surface area (Å²) < 4.78 is 5.40. The summed E-state index contributed by atoms with van der Waals surface area (Å²) in [7, 11) is 0. The monoisotopic (exact) mass is 294 g/mol. The molecule has 0 unspecified atom stereocenters. The van der Waals surface area contributed by atoms with Crippen LogP contribution >= 0.6 is 11.8 Å². The molecule has 4 nitrogen and oxygen atoms in total. The van der Waals surface area contributed by atoms with Crippen molar-refractivity contribution in [2.45, 2.75) is 30.7 Å². The van der Waals surface area contributed by atoms with Gasteiger partial charge in [0.2, 0.25) is 5.91 Å². The largest absolute Gasteiger partial charge is 0.494 e. The Labute approximate surface area is 124 Å². The zero-order valence-electron chi connectivity index (χ0n) is 11.9. The molecule has 0 spiro atoms. The number of rotatable bonds is 5. The lowest BCUT2D eigenvalue weighted by Gasteiger charge is -2.30. The Kier molecular flexibility index (Phi) is 5.73. The number of nitrogens with two attached hydrogens (primary N) is 1. The number of thioether (sulfide) groups is 1. The smallest absolute Gasteiger partial charge is 0.232 e. The van der Waals surface area contributed by atoms with Crippen LogP contribution < -0.4 is 10.5 Å². The van der Waals surface area contributed by atoms with Crippen LogP contribution in [0.3, 0.4) is 0 Å². The van der Waals surface area contributed by atoms with Crippen molar-refractivity contribution in [1.82, 2.24) is 4.90 Å². The lowest BCUT2D eigenvalue weighted by atomic mass is 10.1. The molecule has 2 rings (SSSR count). The summed E-state index contributed by atoms with van der Waals surface area (Å²) >= 11 is 1.57. The van der Waals surface area contributed by atoms with Gasteiger partial charge in [-0.1, -0.05) is 0 Å². The van der Waals surface area contributed by atoms with Crippen molar-refractivity contribution in [2.75, 3.05) is 25.4 Å². The second-order valence-corrected chi connectivity index (χ2v) is 5.96. The van der Waals surface area contributed by atoms with Gasteiger partial charge >= 0.3 is 0 Å². The fourth-order valence-corrected chi connectivity index (χ4v) is 2.99. The second-order valence-electron chi connectivity index (χ2n) is 4.91. The fourth-order valence-electron chi connectivity index (χ4n) is 2.18. The van der Waals surface area contributed by atoms with Crippen LogP contribution in [0.4, 0.5) is 0 Å². The molecule has 0 atom stereocenters. The zero-order chi connectivity index (χ0) is 14.4. The first-order valence-electron chi connectivity index (χ1n) is 7.08. The molecule has 1 saturated heterocycles. The topological polar surface area (TPSA) is 55.6 Å². The van der Waals surface area contributed by atoms with Gasteiger partial charge in [-0.2, -0.15) is 0 Å². The van der Waals surface area contributed by atoms with Crippen molar-refractivity contribution < 1.29 is 9.53 Å². The predicted octanol–water partition coefficient (Wildman–Crippen LogP) is 2.13. The van der Waals surface area contributed by atoms with Crippen molar-refractivity contribution >= 4 is 17.7 Å². The van der Waals surface area contributed by atoms with E-state index < -0.39 is 0 Å². The number of benzene rings is 1. The first-order chi connectivity index (χ1) is 9.69. The highest BCUT2D eigenvalue weighted by atomic mass is 32.2. The summed E-state index contributed by atoms with van der Waals surface area (Å²) in [6.07, 6.45) is 1.83. The summed E-state index contributed by atoms with van der Waals surface area (Å²) in [6, 6.07) is 8.13. The van der Waals surface area contributed by atoms with Crippen LogP contribution in [0.1, 0.15) is 19.8 Å². The molecule has 0 aromatic heterocycles. The quantitative estimate of drug-likeness (QED) is 0.845. The summed E-state index contributed by atoms with van der Waals surface area (Å²) in [4.78, 5) is 15.1. The molecular formula is C15H22N2O2S. The lowest BCUT2D eigenvalue weighted by molar-refractivity contribution is -0.129. The van der Waals surface area contributed by atoms with E-state index in [2.05, 4.69) is 0 Å². The highest BCUT2D eigenvalue weighted by Gasteiger charge is 2.20. The highest BCUT2D eigenvalue weighted by Crippen LogP contribution is 2.22. The Morgan fingerprint density at radius 2 is 2.00 bits per heavy atom. The molecule has 20 heavy (non-hydrogen) atoms. The van der Waals surface area contributed by atoms with Gasteiger partial charge in [0.25, 0.3) is 0 Å². The van der Waals surface area contributed by atoms with E-state index in [1.54, 1.807) is 11.8 Å². The molecule has 2 N–H and O–H groups in total. The van der Waals surface area contributed by atoms with Gasteiger partial charge in [-0.15, -0.1) is 11.8 Å². The third-order valence-electron chi connectivity index (χ3n) is 3.39. The van der Waals surface area contributed by atoms with Gasteiger partial charge in [0.15, 0.2) is 0 Å². The molecule has 1 amide bonds. The summed E-state index contributed by atoms with van der Waals surface area (Å²) in [5, 5.41) is 0. The minimum atomic E-state index is 0.204. The van der Waals surface area contributed by atoms with Crippen LogP contribution in [0.25, 0.3) is 0 Å². The van der Waals surface area contributed by atoms with Crippen molar-refractivity contribution in [3.63, 3.8) is 0 Å². The van der Waals surface area contributed by atoms with Gasteiger partial charge in [0.1, 0.15) is 5.75 Å². The van der Waals surface area contributed by atoms with E-state index in [1.165, 1.54) is 0 Å². The number of carbonyl (C=O) groups excluding carboxylic acids is 1. The van der Waals surface area contributed by atoms with Crippen molar-refractivity contribution in [3.8, 4) is 5.75 Å². The average Bonchev–Trinajstić information content (AvgIpc) is 2.47. The molecule has 1 aromatic rings. The Balaban J connectivity index is 1.78. The molecule has 1 aromatic carbocycles. The van der Waals surface area contributed by atoms with Gasteiger partial charge in [0.05, 0.1) is 12.4 Å². The Hall–Kier alpha value is -1.20. The lowest BCUT2D eigenvalue weighted by Crippen LogP contribution is -2.43. The third kappa shape index (κ3) is 4.42. The summed E-state index contributed by atoms with van der Waals surface area (Å²) in [5.41, 5.74) is 5.85. The van der Waals surface area contributed by atoms with Gasteiger partial charge in [0, 0.05) is 24.0 Å². The van der Waals surface area contributed by atoms with Crippen molar-refractivity contribution in [1.29, 1.82) is 0 Å². The minimum absolute atomic E-state index is 0.204. The van der Waals surface area contributed by atoms with E-state index in [9.17, 15) is 4.79 Å². The van der Waals surface area contributed by atoms with Crippen LogP contribution in [-0.2, 0) is 4.79 Å². The number of amides is 1. The van der Waals surface area contributed by atoms with Gasteiger partial charge < -0.3 is 15.4 Å². The first-order valence-corrected chi connectivity index (χ1v) is 8.06. The van der Waals surface area contributed by atoms with Gasteiger partial charge in [-0.05, 0) is 44.0 Å². The molecule has 1 fully saturated rings. The number of carbonyl (C=O) groups is 1. The van der Waals surface area contributed by atoms with E-state index in [1.807, 2.05) is 36.1 Å². The zero-order valence-corrected chi connectivity index (χ0v) is 12.7. The Morgan fingerprint density at radius 1 is 1.35 bits per heavy atom. The normalized spacial score (nSPS) is 16.2. The molecule has 0 aliphatic carbocycles. The van der Waals surface area contributed by atoms with E-state index in [0.29, 0.717) is 12.4 Å². The number of nitrogens with zero attached hydrogens (tertiary/aromatic N) is 1. The third-order valence-corrected chi connectivity index (χ3v) is 4.39. The Bertz CT molecular complexity index is 428. The number of hydrogen-bond donors (Lipinski definition) is 1. The van der Waals surface area contributed by atoms with Gasteiger partial charge in [-0.3, -0.25) is 4.79 Å². The van der Waals surface area contributed by atoms with Gasteiger partial charge in [-0.25, -0.2) is 0 Å². The molecule has 0 saturated carbocycles. The standard InChI is InChI=1S/C15H22N2O2S/c1-2-19-13-3-5-14(6-4-13)20-11-15(18)17-9-7-12(16)8-10-17/h3-6,12H,2,7-11,16H2,1H3. The summed E-state index contributed by atoms with van der Waals surface area (Å²) in [6.45, 7) is 4.22. The molecule has 110 valence electrons. The molecule has 1 heterocycles. The number of likely N-dealkylation sites (tertiary alicyclic amines) is 1. The predicted molar refractivity (Wildman–Crippen MR) is 82.1 cm³/mol. The van der Waals surface area contributed by atoms with Crippen molar-refractivity contribution in [3.05, 3.63) is 24.3 Å². The molecule has 1 aliphatic rings. The first kappa shape index (κ1) is 15.2. The maximum Gasteiger partial charge on any atom is 0.232 e. The van der Waals surface area contributed by atoms with Crippen LogP contribution in [0.2, 0.25) is 0 Å². The maximum atomic E-state index is 12.1. The Morgan fingerprint density at radius 3 is 2.60 bits per heavy atom. The molecule has 5 heteroatoms. The molecular weight excluding hydrogens is 272 g/mol. The van der Waals surface area contributed by atoms with E-state index in [4.69, 9.17) is 10.5 Å². The van der Waals surface area contributed by atoms with E-state index in [-0.39, 0.29) is 11.9 Å². The SMILES string of the molecule is CCOc1ccc(SCC(=O)N2CCC(N)CC2)cc1. The van der Waals surface area contributed by atoms with Crippen LogP contribution in [-0.4, -0.2) is 42.3 Å². The maximum absolute atomic E-state index is 12.1. The average molecular weight is 294 g/mol. The van der Waals surface area contributed by atoms with Crippen LogP contribution in [0.15, 0.2) is 29.2 Å². The highest BCUT2D eigenvalue weighted by molar-refractivity contribution is 8.00. The second kappa shape index (κ2) is 7.55. The van der Waals surface area contributed by atoms with E-state index >= 15 is 0 Å². The van der Waals surface area contributed by atoms with Crippen LogP contribution in [0.5, 0.6) is 5.75 Å². The van der Waals surface area contributed by atoms with Crippen LogP contribution in [0, 0.1) is 0 Å².